The first-order valence-electron chi connectivity index (χ1n) is 10.1. The van der Waals surface area contributed by atoms with Crippen LogP contribution in [0, 0.1) is 15.5 Å². The van der Waals surface area contributed by atoms with E-state index >= 15 is 0 Å². The fourth-order valence-corrected chi connectivity index (χ4v) is 3.53. The van der Waals surface area contributed by atoms with Gasteiger partial charge in [-0.2, -0.15) is 5.10 Å². The highest BCUT2D eigenvalue weighted by Crippen LogP contribution is 2.38. The highest BCUT2D eigenvalue weighted by molar-refractivity contribution is 6.63. The number of nitrogens with zero attached hydrogens (tertiary/aromatic N) is 3. The molecule has 2 aromatic rings. The minimum Gasteiger partial charge on any atom is -0.480 e. The van der Waals surface area contributed by atoms with Crippen molar-refractivity contribution in [2.24, 2.45) is 5.41 Å². The molecule has 0 bridgehead atoms. The molecule has 1 N–H and O–H groups in total. The molecule has 0 saturated carbocycles. The van der Waals surface area contributed by atoms with Crippen molar-refractivity contribution in [2.75, 3.05) is 0 Å². The van der Waals surface area contributed by atoms with Crippen molar-refractivity contribution in [3.63, 3.8) is 0 Å². The van der Waals surface area contributed by atoms with Gasteiger partial charge >= 0.3 is 13.1 Å². The van der Waals surface area contributed by atoms with E-state index in [-0.39, 0.29) is 5.69 Å². The van der Waals surface area contributed by atoms with Gasteiger partial charge in [0.05, 0.1) is 21.8 Å². The maximum Gasteiger partial charge on any atom is 0.498 e. The summed E-state index contributed by atoms with van der Waals surface area (Å²) in [4.78, 5) is 22.6. The van der Waals surface area contributed by atoms with Crippen molar-refractivity contribution in [2.45, 2.75) is 65.7 Å². The summed E-state index contributed by atoms with van der Waals surface area (Å²) in [5.41, 5.74) is -0.207. The standard InChI is InChI=1S/C21H28BN3O6/c1-19(2,3)17(18(26)27)24-12-15(22-30-20(4,5)21(6,7)31-22)16(23-24)13-8-10-14(11-9-13)25(28)29/h8-12,17H,1-7H3,(H,26,27). The predicted molar refractivity (Wildman–Crippen MR) is 116 cm³/mol. The summed E-state index contributed by atoms with van der Waals surface area (Å²) in [6, 6.07) is 5.03. The second-order valence-electron chi connectivity index (χ2n) is 9.91. The van der Waals surface area contributed by atoms with Gasteiger partial charge in [0, 0.05) is 29.4 Å². The van der Waals surface area contributed by atoms with Crippen LogP contribution >= 0.6 is 0 Å². The molecule has 166 valence electrons. The van der Waals surface area contributed by atoms with E-state index in [1.165, 1.54) is 16.8 Å². The van der Waals surface area contributed by atoms with E-state index in [2.05, 4.69) is 5.10 Å². The minimum absolute atomic E-state index is 0.0431. The van der Waals surface area contributed by atoms with Crippen molar-refractivity contribution in [3.8, 4) is 11.3 Å². The van der Waals surface area contributed by atoms with E-state index in [0.29, 0.717) is 16.7 Å². The van der Waals surface area contributed by atoms with Crippen molar-refractivity contribution in [1.29, 1.82) is 0 Å². The zero-order chi connectivity index (χ0) is 23.4. The van der Waals surface area contributed by atoms with Gasteiger partial charge in [-0.1, -0.05) is 20.8 Å². The van der Waals surface area contributed by atoms with Crippen LogP contribution in [0.5, 0.6) is 0 Å². The molecule has 9 nitrogen and oxygen atoms in total. The first kappa shape index (κ1) is 23.0. The first-order chi connectivity index (χ1) is 14.1. The highest BCUT2D eigenvalue weighted by atomic mass is 16.7. The summed E-state index contributed by atoms with van der Waals surface area (Å²) in [6.45, 7) is 13.2. The number of hydrogen-bond acceptors (Lipinski definition) is 6. The van der Waals surface area contributed by atoms with Gasteiger partial charge in [0.25, 0.3) is 5.69 Å². The fourth-order valence-electron chi connectivity index (χ4n) is 3.53. The Labute approximate surface area is 181 Å². The van der Waals surface area contributed by atoms with Crippen LogP contribution in [-0.4, -0.2) is 44.1 Å². The molecule has 1 fully saturated rings. The zero-order valence-electron chi connectivity index (χ0n) is 18.9. The molecule has 10 heteroatoms. The number of carboxylic acid groups (broad SMARTS) is 1. The Morgan fingerprint density at radius 2 is 1.68 bits per heavy atom. The Balaban J connectivity index is 2.15. The number of carbonyl (C=O) groups is 1. The molecule has 3 rings (SSSR count). The second kappa shape index (κ2) is 7.46. The van der Waals surface area contributed by atoms with Crippen LogP contribution in [0.25, 0.3) is 11.3 Å². The molecule has 1 aliphatic heterocycles. The van der Waals surface area contributed by atoms with E-state index in [9.17, 15) is 20.0 Å². The number of nitro benzene ring substituents is 1. The second-order valence-corrected chi connectivity index (χ2v) is 9.91. The van der Waals surface area contributed by atoms with Gasteiger partial charge in [0.15, 0.2) is 6.04 Å². The highest BCUT2D eigenvalue weighted by Gasteiger charge is 2.53. The van der Waals surface area contributed by atoms with E-state index in [4.69, 9.17) is 9.31 Å². The summed E-state index contributed by atoms with van der Waals surface area (Å²) in [7, 11) is -0.765. The molecule has 0 radical (unpaired) electrons. The van der Waals surface area contributed by atoms with Gasteiger partial charge in [0.2, 0.25) is 0 Å². The van der Waals surface area contributed by atoms with Gasteiger partial charge in [-0.05, 0) is 45.2 Å². The molecule has 31 heavy (non-hydrogen) atoms. The summed E-state index contributed by atoms with van der Waals surface area (Å²) >= 11 is 0. The van der Waals surface area contributed by atoms with Crippen LogP contribution in [0.1, 0.15) is 54.5 Å². The van der Waals surface area contributed by atoms with Gasteiger partial charge in [0.1, 0.15) is 0 Å². The lowest BCUT2D eigenvalue weighted by molar-refractivity contribution is -0.384. The lowest BCUT2D eigenvalue weighted by Crippen LogP contribution is -2.41. The van der Waals surface area contributed by atoms with E-state index in [0.717, 1.165) is 0 Å². The number of aromatic nitrogens is 2. The van der Waals surface area contributed by atoms with Crippen molar-refractivity contribution in [3.05, 3.63) is 40.6 Å². The SMILES string of the molecule is CC(C)(C)C(C(=O)O)n1cc(B2OC(C)(C)C(C)(C)O2)c(-c2ccc([N+](=O)[O-])cc2)n1. The Kier molecular flexibility index (Phi) is 5.52. The normalized spacial score (nSPS) is 18.7. The maximum absolute atomic E-state index is 12.1. The number of nitro groups is 1. The molecule has 1 aromatic carbocycles. The number of aliphatic carboxylic acids is 1. The number of rotatable bonds is 5. The molecule has 1 atom stereocenters. The van der Waals surface area contributed by atoms with E-state index < -0.39 is 40.7 Å². The lowest BCUT2D eigenvalue weighted by atomic mass is 9.78. The summed E-state index contributed by atoms with van der Waals surface area (Å²) in [5.74, 6) is -1.01. The van der Waals surface area contributed by atoms with Crippen LogP contribution in [-0.2, 0) is 14.1 Å². The smallest absolute Gasteiger partial charge is 0.480 e. The zero-order valence-corrected chi connectivity index (χ0v) is 18.9. The van der Waals surface area contributed by atoms with Crippen LogP contribution in [0.4, 0.5) is 5.69 Å². The van der Waals surface area contributed by atoms with Crippen molar-refractivity contribution in [1.82, 2.24) is 9.78 Å². The van der Waals surface area contributed by atoms with Gasteiger partial charge in [-0.15, -0.1) is 0 Å². The van der Waals surface area contributed by atoms with Gasteiger partial charge in [-0.3, -0.25) is 14.8 Å². The average Bonchev–Trinajstić information content (AvgIpc) is 3.12. The Morgan fingerprint density at radius 3 is 2.10 bits per heavy atom. The molecule has 1 unspecified atom stereocenters. The third kappa shape index (κ3) is 4.22. The topological polar surface area (TPSA) is 117 Å². The largest absolute Gasteiger partial charge is 0.498 e. The molecule has 2 heterocycles. The maximum atomic E-state index is 12.1. The number of non-ortho nitro benzene ring substituents is 1. The first-order valence-corrected chi connectivity index (χ1v) is 10.1. The van der Waals surface area contributed by atoms with Crippen molar-refractivity contribution >= 4 is 24.2 Å². The Morgan fingerprint density at radius 1 is 1.16 bits per heavy atom. The van der Waals surface area contributed by atoms with Crippen molar-refractivity contribution < 1.29 is 24.1 Å². The van der Waals surface area contributed by atoms with Crippen LogP contribution in [0.15, 0.2) is 30.5 Å². The van der Waals surface area contributed by atoms with Gasteiger partial charge in [-0.25, -0.2) is 4.79 Å². The number of benzene rings is 1. The summed E-state index contributed by atoms with van der Waals surface area (Å²) in [5, 5.41) is 25.5. The fraction of sp³-hybridized carbons (Fsp3) is 0.524. The molecule has 0 aliphatic carbocycles. The Hall–Kier alpha value is -2.72. The molecule has 1 aromatic heterocycles. The number of carboxylic acids is 1. The monoisotopic (exact) mass is 429 g/mol. The van der Waals surface area contributed by atoms with E-state index in [1.54, 1.807) is 18.3 Å². The molecule has 0 amide bonds. The van der Waals surface area contributed by atoms with Crippen LogP contribution < -0.4 is 5.46 Å². The summed E-state index contributed by atoms with van der Waals surface area (Å²) < 4.78 is 13.8. The number of hydrogen-bond donors (Lipinski definition) is 1. The molecular formula is C21H28BN3O6. The Bertz CT molecular complexity index is 991. The quantitative estimate of drug-likeness (QED) is 0.440. The van der Waals surface area contributed by atoms with Crippen LogP contribution in [0.2, 0.25) is 0 Å². The molecule has 1 aliphatic rings. The predicted octanol–water partition coefficient (Wildman–Crippen LogP) is 3.43. The summed E-state index contributed by atoms with van der Waals surface area (Å²) in [6.07, 6.45) is 1.64. The molecular weight excluding hydrogens is 401 g/mol. The lowest BCUT2D eigenvalue weighted by Gasteiger charge is -2.32. The minimum atomic E-state index is -1.01. The molecule has 0 spiro atoms. The third-order valence-corrected chi connectivity index (χ3v) is 5.94. The van der Waals surface area contributed by atoms with Gasteiger partial charge < -0.3 is 14.4 Å². The third-order valence-electron chi connectivity index (χ3n) is 5.94. The molecule has 1 saturated heterocycles. The van der Waals surface area contributed by atoms with E-state index in [1.807, 2.05) is 48.5 Å². The van der Waals surface area contributed by atoms with Crippen LogP contribution in [0.3, 0.4) is 0 Å². The average molecular weight is 429 g/mol.